The van der Waals surface area contributed by atoms with Crippen LogP contribution in [0.3, 0.4) is 0 Å². The Balaban J connectivity index is 1.67. The maximum atomic E-state index is 13.7. The van der Waals surface area contributed by atoms with Crippen molar-refractivity contribution in [2.24, 2.45) is 11.8 Å². The number of hydrogen-bond acceptors (Lipinski definition) is 5. The Kier molecular flexibility index (Phi) is 6.98. The number of para-hydroxylation sites is 1. The van der Waals surface area contributed by atoms with Gasteiger partial charge in [-0.3, -0.25) is 14.4 Å². The van der Waals surface area contributed by atoms with E-state index in [0.29, 0.717) is 49.5 Å². The molecule has 0 saturated carbocycles. The number of aryl methyl sites for hydroxylation is 1. The molecule has 9 heteroatoms. The second kappa shape index (κ2) is 9.60. The molecule has 0 aliphatic carbocycles. The molecule has 8 nitrogen and oxygen atoms in total. The molecule has 33 heavy (non-hydrogen) atoms. The zero-order valence-electron chi connectivity index (χ0n) is 19.1. The van der Waals surface area contributed by atoms with Gasteiger partial charge in [0.1, 0.15) is 11.6 Å². The number of aliphatic hydroxyl groups is 1. The number of fused-ring (bicyclic) bond motifs is 1. The minimum absolute atomic E-state index is 0.00685. The number of carbonyl (C=O) groups is 3. The first kappa shape index (κ1) is 24.0. The first-order valence-corrected chi connectivity index (χ1v) is 12.2. The standard InChI is InChI=1S/C24H32ClN3O5/c1-3-11-26-21(30)17-16-9-10-24(33-16)18(17)23(32)28(12-4-5-13-29)20(24)22(31)27-19-14(2)7-6-8-15(19)25/h6-8,16-18,20,29H,3-5,9-13H2,1-2H3,(H,26,30)(H,27,31)/t16-,17+,18+,20?,24?/m1/s1. The first-order chi connectivity index (χ1) is 15.9. The Bertz CT molecular complexity index is 920. The van der Waals surface area contributed by atoms with Crippen molar-refractivity contribution in [2.75, 3.05) is 25.0 Å². The normalized spacial score (nSPS) is 29.9. The number of benzene rings is 1. The summed E-state index contributed by atoms with van der Waals surface area (Å²) < 4.78 is 6.37. The molecule has 180 valence electrons. The van der Waals surface area contributed by atoms with Crippen molar-refractivity contribution in [2.45, 2.75) is 63.7 Å². The fourth-order valence-corrected chi connectivity index (χ4v) is 6.01. The quantitative estimate of drug-likeness (QED) is 0.473. The van der Waals surface area contributed by atoms with Crippen LogP contribution in [0.5, 0.6) is 0 Å². The molecule has 2 unspecified atom stereocenters. The van der Waals surface area contributed by atoms with Gasteiger partial charge in [-0.25, -0.2) is 0 Å². The lowest BCUT2D eigenvalue weighted by Gasteiger charge is -2.33. The number of likely N-dealkylation sites (tertiary alicyclic amines) is 1. The van der Waals surface area contributed by atoms with Gasteiger partial charge in [0.05, 0.1) is 28.6 Å². The summed E-state index contributed by atoms with van der Waals surface area (Å²) in [7, 11) is 0. The fourth-order valence-electron chi connectivity index (χ4n) is 5.74. The Hall–Kier alpha value is -2.16. The number of nitrogens with one attached hydrogen (secondary N) is 2. The highest BCUT2D eigenvalue weighted by atomic mass is 35.5. The van der Waals surface area contributed by atoms with Crippen LogP contribution >= 0.6 is 11.6 Å². The topological polar surface area (TPSA) is 108 Å². The van der Waals surface area contributed by atoms with Gasteiger partial charge in [0.25, 0.3) is 0 Å². The molecular weight excluding hydrogens is 446 g/mol. The number of ether oxygens (including phenoxy) is 1. The van der Waals surface area contributed by atoms with Gasteiger partial charge in [-0.1, -0.05) is 30.7 Å². The first-order valence-electron chi connectivity index (χ1n) is 11.8. The van der Waals surface area contributed by atoms with E-state index < -0.39 is 23.5 Å². The molecule has 3 amide bonds. The average Bonchev–Trinajstić information content (AvgIpc) is 3.42. The van der Waals surface area contributed by atoms with Crippen LogP contribution in [-0.4, -0.2) is 65.2 Å². The second-order valence-corrected chi connectivity index (χ2v) is 9.64. The molecule has 3 aliphatic rings. The highest BCUT2D eigenvalue weighted by molar-refractivity contribution is 6.34. The molecule has 3 heterocycles. The molecule has 0 aromatic heterocycles. The number of amides is 3. The number of halogens is 1. The van der Waals surface area contributed by atoms with Crippen LogP contribution in [0.4, 0.5) is 5.69 Å². The number of rotatable bonds is 9. The average molecular weight is 478 g/mol. The van der Waals surface area contributed by atoms with Gasteiger partial charge in [-0.2, -0.15) is 0 Å². The molecule has 2 bridgehead atoms. The van der Waals surface area contributed by atoms with E-state index in [1.54, 1.807) is 11.0 Å². The van der Waals surface area contributed by atoms with Crippen LogP contribution in [0.15, 0.2) is 18.2 Å². The molecule has 3 fully saturated rings. The van der Waals surface area contributed by atoms with E-state index in [4.69, 9.17) is 16.3 Å². The number of anilines is 1. The van der Waals surface area contributed by atoms with E-state index in [0.717, 1.165) is 12.0 Å². The zero-order valence-corrected chi connectivity index (χ0v) is 19.9. The summed E-state index contributed by atoms with van der Waals surface area (Å²) in [6.45, 7) is 4.68. The molecule has 3 aliphatic heterocycles. The van der Waals surface area contributed by atoms with E-state index in [1.807, 2.05) is 26.0 Å². The summed E-state index contributed by atoms with van der Waals surface area (Å²) in [5.74, 6) is -2.05. The predicted molar refractivity (Wildman–Crippen MR) is 124 cm³/mol. The van der Waals surface area contributed by atoms with Crippen LogP contribution in [0.1, 0.15) is 44.6 Å². The van der Waals surface area contributed by atoms with Crippen molar-refractivity contribution >= 4 is 35.0 Å². The number of hydrogen-bond donors (Lipinski definition) is 3. The summed E-state index contributed by atoms with van der Waals surface area (Å²) in [6.07, 6.45) is 2.67. The molecule has 4 rings (SSSR count). The summed E-state index contributed by atoms with van der Waals surface area (Å²) in [6, 6.07) is 4.50. The van der Waals surface area contributed by atoms with E-state index in [9.17, 15) is 19.5 Å². The lowest BCUT2D eigenvalue weighted by Crippen LogP contribution is -2.53. The minimum atomic E-state index is -1.03. The Morgan fingerprint density at radius 3 is 2.79 bits per heavy atom. The van der Waals surface area contributed by atoms with Gasteiger partial charge in [0.2, 0.25) is 17.7 Å². The van der Waals surface area contributed by atoms with Crippen molar-refractivity contribution in [3.8, 4) is 0 Å². The Morgan fingerprint density at radius 1 is 1.30 bits per heavy atom. The highest BCUT2D eigenvalue weighted by Gasteiger charge is 2.74. The molecule has 1 aromatic carbocycles. The van der Waals surface area contributed by atoms with E-state index in [1.165, 1.54) is 0 Å². The van der Waals surface area contributed by atoms with Crippen molar-refractivity contribution in [3.63, 3.8) is 0 Å². The monoisotopic (exact) mass is 477 g/mol. The number of aliphatic hydroxyl groups excluding tert-OH is 1. The third-order valence-corrected chi connectivity index (χ3v) is 7.49. The van der Waals surface area contributed by atoms with E-state index in [-0.39, 0.29) is 30.4 Å². The second-order valence-electron chi connectivity index (χ2n) is 9.23. The van der Waals surface area contributed by atoms with E-state index in [2.05, 4.69) is 10.6 Å². The molecule has 1 spiro atoms. The van der Waals surface area contributed by atoms with Gasteiger partial charge >= 0.3 is 0 Å². The van der Waals surface area contributed by atoms with Crippen molar-refractivity contribution in [1.82, 2.24) is 10.2 Å². The molecule has 5 atom stereocenters. The predicted octanol–water partition coefficient (Wildman–Crippen LogP) is 2.26. The van der Waals surface area contributed by atoms with Gasteiger partial charge in [-0.05, 0) is 50.7 Å². The lowest BCUT2D eigenvalue weighted by atomic mass is 9.70. The maximum absolute atomic E-state index is 13.7. The van der Waals surface area contributed by atoms with Crippen LogP contribution in [0, 0.1) is 18.8 Å². The smallest absolute Gasteiger partial charge is 0.250 e. The molecule has 1 aromatic rings. The molecular formula is C24H32ClN3O5. The van der Waals surface area contributed by atoms with Crippen LogP contribution in [-0.2, 0) is 19.1 Å². The van der Waals surface area contributed by atoms with Crippen molar-refractivity contribution < 1.29 is 24.2 Å². The van der Waals surface area contributed by atoms with Gasteiger partial charge in [-0.15, -0.1) is 0 Å². The summed E-state index contributed by atoms with van der Waals surface area (Å²) in [5.41, 5.74) is 0.292. The van der Waals surface area contributed by atoms with Gasteiger partial charge in [0, 0.05) is 19.7 Å². The number of nitrogens with zero attached hydrogens (tertiary/aromatic N) is 1. The van der Waals surface area contributed by atoms with E-state index >= 15 is 0 Å². The zero-order chi connectivity index (χ0) is 23.8. The molecule has 0 radical (unpaired) electrons. The summed E-state index contributed by atoms with van der Waals surface area (Å²) in [5, 5.41) is 15.5. The van der Waals surface area contributed by atoms with Gasteiger partial charge < -0.3 is 25.4 Å². The van der Waals surface area contributed by atoms with Crippen molar-refractivity contribution in [1.29, 1.82) is 0 Å². The van der Waals surface area contributed by atoms with Crippen LogP contribution in [0.25, 0.3) is 0 Å². The van der Waals surface area contributed by atoms with Crippen LogP contribution < -0.4 is 10.6 Å². The van der Waals surface area contributed by atoms with Gasteiger partial charge in [0.15, 0.2) is 0 Å². The SMILES string of the molecule is CCCNC(=O)[C@@H]1[C@H]2C(=O)N(CCCCO)C(C(=O)Nc3c(C)cccc3Cl)C23CC[C@H]1O3. The third-order valence-electron chi connectivity index (χ3n) is 7.18. The third kappa shape index (κ3) is 4.02. The minimum Gasteiger partial charge on any atom is -0.396 e. The lowest BCUT2D eigenvalue weighted by molar-refractivity contribution is -0.140. The fraction of sp³-hybridized carbons (Fsp3) is 0.625. The summed E-state index contributed by atoms with van der Waals surface area (Å²) in [4.78, 5) is 41.9. The number of carbonyl (C=O) groups excluding carboxylic acids is 3. The molecule has 3 saturated heterocycles. The molecule has 3 N–H and O–H groups in total. The Labute approximate surface area is 199 Å². The summed E-state index contributed by atoms with van der Waals surface area (Å²) >= 11 is 6.34. The largest absolute Gasteiger partial charge is 0.396 e. The maximum Gasteiger partial charge on any atom is 0.250 e. The number of unbranched alkanes of at least 4 members (excludes halogenated alkanes) is 1. The van der Waals surface area contributed by atoms with Crippen LogP contribution in [0.2, 0.25) is 5.02 Å². The van der Waals surface area contributed by atoms with Crippen molar-refractivity contribution in [3.05, 3.63) is 28.8 Å². The Morgan fingerprint density at radius 2 is 2.09 bits per heavy atom. The highest BCUT2D eigenvalue weighted by Crippen LogP contribution is 2.58.